The number of carbonyl (C=O) groups is 1. The van der Waals surface area contributed by atoms with Gasteiger partial charge in [0.15, 0.2) is 0 Å². The highest BCUT2D eigenvalue weighted by Crippen LogP contribution is 2.17. The molecule has 0 aliphatic carbocycles. The summed E-state index contributed by atoms with van der Waals surface area (Å²) >= 11 is 4.24. The molecule has 88 valence electrons. The largest absolute Gasteiger partial charge is 0.460 e. The molecule has 3 nitrogen and oxygen atoms in total. The van der Waals surface area contributed by atoms with Crippen molar-refractivity contribution < 1.29 is 9.53 Å². The highest BCUT2D eigenvalue weighted by molar-refractivity contribution is 7.81. The third kappa shape index (κ3) is 3.87. The van der Waals surface area contributed by atoms with Crippen LogP contribution in [0.2, 0.25) is 0 Å². The molecule has 16 heavy (non-hydrogen) atoms. The molecule has 0 saturated carbocycles. The van der Waals surface area contributed by atoms with E-state index >= 15 is 0 Å². The fourth-order valence-electron chi connectivity index (χ4n) is 1.11. The molecular formula is C12H17NO2S. The van der Waals surface area contributed by atoms with Gasteiger partial charge in [0.1, 0.15) is 12.6 Å². The summed E-state index contributed by atoms with van der Waals surface area (Å²) in [6.45, 7) is 3.81. The predicted octanol–water partition coefficient (Wildman–Crippen LogP) is 1.77. The van der Waals surface area contributed by atoms with Gasteiger partial charge < -0.3 is 10.5 Å². The Bertz CT molecular complexity index is 346. The lowest BCUT2D eigenvalue weighted by atomic mass is 10.0. The summed E-state index contributed by atoms with van der Waals surface area (Å²) in [5.74, 6) is -0.427. The van der Waals surface area contributed by atoms with E-state index < -0.39 is 16.8 Å². The highest BCUT2D eigenvalue weighted by atomic mass is 32.1. The molecule has 0 heterocycles. The Morgan fingerprint density at radius 1 is 1.44 bits per heavy atom. The van der Waals surface area contributed by atoms with Crippen molar-refractivity contribution in [3.63, 3.8) is 0 Å². The summed E-state index contributed by atoms with van der Waals surface area (Å²) in [6.07, 6.45) is 0. The SMILES string of the molecule is CC(C)(S)C(N)C(=O)OCc1ccccc1. The number of hydrogen-bond donors (Lipinski definition) is 2. The summed E-state index contributed by atoms with van der Waals surface area (Å²) < 4.78 is 4.53. The van der Waals surface area contributed by atoms with Crippen LogP contribution >= 0.6 is 12.6 Å². The first-order valence-corrected chi connectivity index (χ1v) is 5.54. The second-order valence-corrected chi connectivity index (χ2v) is 5.38. The second-order valence-electron chi connectivity index (χ2n) is 4.22. The van der Waals surface area contributed by atoms with Crippen LogP contribution in [0.4, 0.5) is 0 Å². The van der Waals surface area contributed by atoms with Gasteiger partial charge in [0.2, 0.25) is 0 Å². The molecule has 1 aromatic carbocycles. The van der Waals surface area contributed by atoms with Gasteiger partial charge in [0.05, 0.1) is 0 Å². The number of carbonyl (C=O) groups excluding carboxylic acids is 1. The van der Waals surface area contributed by atoms with Gasteiger partial charge in [0, 0.05) is 4.75 Å². The molecule has 0 aromatic heterocycles. The monoisotopic (exact) mass is 239 g/mol. The highest BCUT2D eigenvalue weighted by Gasteiger charge is 2.29. The van der Waals surface area contributed by atoms with Gasteiger partial charge in [-0.3, -0.25) is 4.79 Å². The minimum atomic E-state index is -0.723. The van der Waals surface area contributed by atoms with Gasteiger partial charge in [0.25, 0.3) is 0 Å². The number of esters is 1. The maximum atomic E-state index is 11.6. The van der Waals surface area contributed by atoms with E-state index in [-0.39, 0.29) is 6.61 Å². The lowest BCUT2D eigenvalue weighted by Gasteiger charge is -2.24. The van der Waals surface area contributed by atoms with Crippen molar-refractivity contribution in [1.82, 2.24) is 0 Å². The third-order valence-electron chi connectivity index (χ3n) is 2.24. The Morgan fingerprint density at radius 2 is 2.00 bits per heavy atom. The first-order valence-electron chi connectivity index (χ1n) is 5.10. The van der Waals surface area contributed by atoms with Gasteiger partial charge >= 0.3 is 5.97 Å². The third-order valence-corrected chi connectivity index (χ3v) is 2.52. The molecule has 0 bridgehead atoms. The number of hydrogen-bond acceptors (Lipinski definition) is 4. The smallest absolute Gasteiger partial charge is 0.324 e. The molecule has 0 amide bonds. The first kappa shape index (κ1) is 13.1. The van der Waals surface area contributed by atoms with E-state index in [2.05, 4.69) is 12.6 Å². The standard InChI is InChI=1S/C12H17NO2S/c1-12(2,16)10(13)11(14)15-8-9-6-4-3-5-7-9/h3-7,10,16H,8,13H2,1-2H3. The van der Waals surface area contributed by atoms with Crippen molar-refractivity contribution in [2.24, 2.45) is 5.73 Å². The summed E-state index contributed by atoms with van der Waals surface area (Å²) in [5, 5.41) is 0. The molecule has 0 fully saturated rings. The van der Waals surface area contributed by atoms with E-state index in [0.29, 0.717) is 0 Å². The average Bonchev–Trinajstić information content (AvgIpc) is 2.25. The Kier molecular flexibility index (Phi) is 4.38. The van der Waals surface area contributed by atoms with Crippen molar-refractivity contribution in [3.05, 3.63) is 35.9 Å². The van der Waals surface area contributed by atoms with E-state index in [0.717, 1.165) is 5.56 Å². The normalized spacial score (nSPS) is 13.2. The van der Waals surface area contributed by atoms with Crippen LogP contribution in [0.5, 0.6) is 0 Å². The van der Waals surface area contributed by atoms with Crippen molar-refractivity contribution in [2.75, 3.05) is 0 Å². The maximum absolute atomic E-state index is 11.6. The minimum absolute atomic E-state index is 0.247. The van der Waals surface area contributed by atoms with Gasteiger partial charge in [-0.2, -0.15) is 12.6 Å². The summed E-state index contributed by atoms with van der Waals surface area (Å²) in [6, 6.07) is 8.76. The predicted molar refractivity (Wildman–Crippen MR) is 67.3 cm³/mol. The second kappa shape index (κ2) is 5.37. The topological polar surface area (TPSA) is 52.3 Å². The van der Waals surface area contributed by atoms with Crippen molar-refractivity contribution in [1.29, 1.82) is 0 Å². The van der Waals surface area contributed by atoms with Crippen LogP contribution in [0.3, 0.4) is 0 Å². The first-order chi connectivity index (χ1) is 7.41. The Balaban J connectivity index is 2.48. The molecule has 1 atom stereocenters. The van der Waals surface area contributed by atoms with Gasteiger partial charge in [-0.05, 0) is 19.4 Å². The van der Waals surface area contributed by atoms with Crippen LogP contribution in [-0.4, -0.2) is 16.8 Å². The Hall–Kier alpha value is -1.00. The molecule has 2 N–H and O–H groups in total. The molecule has 0 saturated heterocycles. The van der Waals surface area contributed by atoms with E-state index in [1.165, 1.54) is 0 Å². The molecule has 0 aliphatic heterocycles. The number of thiol groups is 1. The molecule has 1 aromatic rings. The van der Waals surface area contributed by atoms with E-state index in [1.807, 2.05) is 30.3 Å². The summed E-state index contributed by atoms with van der Waals surface area (Å²) in [5.41, 5.74) is 6.65. The molecule has 0 spiro atoms. The number of ether oxygens (including phenoxy) is 1. The van der Waals surface area contributed by atoms with Crippen LogP contribution in [0.25, 0.3) is 0 Å². The van der Waals surface area contributed by atoms with Gasteiger partial charge in [-0.15, -0.1) is 0 Å². The fourth-order valence-corrected chi connectivity index (χ4v) is 1.21. The van der Waals surface area contributed by atoms with Crippen molar-refractivity contribution >= 4 is 18.6 Å². The van der Waals surface area contributed by atoms with Crippen molar-refractivity contribution in [2.45, 2.75) is 31.2 Å². The molecular weight excluding hydrogens is 222 g/mol. The van der Waals surface area contributed by atoms with Crippen LogP contribution in [0.1, 0.15) is 19.4 Å². The average molecular weight is 239 g/mol. The summed E-state index contributed by atoms with van der Waals surface area (Å²) in [7, 11) is 0. The molecule has 1 unspecified atom stereocenters. The fraction of sp³-hybridized carbons (Fsp3) is 0.417. The zero-order chi connectivity index (χ0) is 12.2. The summed E-state index contributed by atoms with van der Waals surface area (Å²) in [4.78, 5) is 11.6. The Morgan fingerprint density at radius 3 is 2.50 bits per heavy atom. The van der Waals surface area contributed by atoms with Crippen LogP contribution in [0.15, 0.2) is 30.3 Å². The zero-order valence-electron chi connectivity index (χ0n) is 9.51. The van der Waals surface area contributed by atoms with Crippen LogP contribution in [0, 0.1) is 0 Å². The van der Waals surface area contributed by atoms with Crippen LogP contribution < -0.4 is 5.73 Å². The molecule has 0 radical (unpaired) electrons. The van der Waals surface area contributed by atoms with Crippen molar-refractivity contribution in [3.8, 4) is 0 Å². The number of nitrogens with two attached hydrogens (primary N) is 1. The van der Waals surface area contributed by atoms with Gasteiger partial charge in [-0.25, -0.2) is 0 Å². The van der Waals surface area contributed by atoms with Gasteiger partial charge in [-0.1, -0.05) is 30.3 Å². The lowest BCUT2D eigenvalue weighted by Crippen LogP contribution is -2.46. The van der Waals surface area contributed by atoms with Crippen LogP contribution in [-0.2, 0) is 16.1 Å². The lowest BCUT2D eigenvalue weighted by molar-refractivity contribution is -0.147. The minimum Gasteiger partial charge on any atom is -0.460 e. The van der Waals surface area contributed by atoms with E-state index in [4.69, 9.17) is 10.5 Å². The Labute approximate surface area is 101 Å². The molecule has 1 rings (SSSR count). The number of rotatable bonds is 4. The maximum Gasteiger partial charge on any atom is 0.324 e. The van der Waals surface area contributed by atoms with E-state index in [9.17, 15) is 4.79 Å². The molecule has 0 aliphatic rings. The number of benzene rings is 1. The zero-order valence-corrected chi connectivity index (χ0v) is 10.4. The molecule has 4 heteroatoms. The quantitative estimate of drug-likeness (QED) is 0.622. The van der Waals surface area contributed by atoms with E-state index in [1.54, 1.807) is 13.8 Å².